The Hall–Kier alpha value is -4.84. The summed E-state index contributed by atoms with van der Waals surface area (Å²) >= 11 is 0. The number of aryl methyl sites for hydroxylation is 2. The third kappa shape index (κ3) is 4.66. The number of benzene rings is 4. The number of aromatic amines is 1. The predicted octanol–water partition coefficient (Wildman–Crippen LogP) is 6.72. The van der Waals surface area contributed by atoms with Gasteiger partial charge in [-0.25, -0.2) is 0 Å². The average molecular weight is 516 g/mol. The van der Waals surface area contributed by atoms with Crippen LogP contribution >= 0.6 is 0 Å². The standard InChI is InChI=1S/C33H29N3O3/c1-21-16-22(2)32(37)27(17-21)29-28-30(35-34-29)33(38)36(19-23-10-5-3-6-11-23)31(28)25-14-9-15-26(18-25)39-20-24-12-7-4-8-13-24/h3-18,31,37H,19-20H2,1-2H3,(H,34,35). The monoisotopic (exact) mass is 515 g/mol. The number of hydrogen-bond acceptors (Lipinski definition) is 4. The fourth-order valence-electron chi connectivity index (χ4n) is 5.35. The van der Waals surface area contributed by atoms with E-state index in [-0.39, 0.29) is 11.7 Å². The van der Waals surface area contributed by atoms with Gasteiger partial charge in [0, 0.05) is 17.7 Å². The number of carbonyl (C=O) groups is 1. The molecule has 1 aliphatic heterocycles. The Kier molecular flexibility index (Phi) is 6.37. The molecule has 1 aliphatic rings. The average Bonchev–Trinajstić information content (AvgIpc) is 3.49. The second kappa shape index (κ2) is 10.1. The molecule has 39 heavy (non-hydrogen) atoms. The molecule has 0 saturated carbocycles. The molecule has 5 aromatic rings. The second-order valence-electron chi connectivity index (χ2n) is 10.0. The SMILES string of the molecule is Cc1cc(C)c(O)c(-c2n[nH]c3c2C(c2cccc(OCc4ccccc4)c2)N(Cc2ccccc2)C3=O)c1. The van der Waals surface area contributed by atoms with Gasteiger partial charge in [-0.3, -0.25) is 9.89 Å². The lowest BCUT2D eigenvalue weighted by molar-refractivity contribution is 0.0730. The molecule has 6 heteroatoms. The molecule has 2 N–H and O–H groups in total. The van der Waals surface area contributed by atoms with Gasteiger partial charge < -0.3 is 14.7 Å². The Balaban J connectivity index is 1.44. The summed E-state index contributed by atoms with van der Waals surface area (Å²) in [6.07, 6.45) is 0. The molecule has 1 amide bonds. The summed E-state index contributed by atoms with van der Waals surface area (Å²) in [7, 11) is 0. The van der Waals surface area contributed by atoms with E-state index in [1.54, 1.807) is 0 Å². The van der Waals surface area contributed by atoms with Crippen molar-refractivity contribution in [2.24, 2.45) is 0 Å². The lowest BCUT2D eigenvalue weighted by Crippen LogP contribution is -2.29. The van der Waals surface area contributed by atoms with E-state index in [0.717, 1.165) is 39.1 Å². The van der Waals surface area contributed by atoms with Crippen LogP contribution in [0.15, 0.2) is 97.1 Å². The summed E-state index contributed by atoms with van der Waals surface area (Å²) < 4.78 is 6.14. The first-order valence-corrected chi connectivity index (χ1v) is 13.0. The molecule has 1 unspecified atom stereocenters. The maximum Gasteiger partial charge on any atom is 0.273 e. The summed E-state index contributed by atoms with van der Waals surface area (Å²) in [6, 6.07) is 31.3. The fraction of sp³-hybridized carbons (Fsp3) is 0.152. The third-order valence-electron chi connectivity index (χ3n) is 7.18. The van der Waals surface area contributed by atoms with Crippen molar-refractivity contribution in [3.63, 3.8) is 0 Å². The number of amides is 1. The lowest BCUT2D eigenvalue weighted by atomic mass is 9.94. The van der Waals surface area contributed by atoms with Crippen LogP contribution in [-0.4, -0.2) is 26.1 Å². The number of phenolic OH excluding ortho intramolecular Hbond substituents is 1. The van der Waals surface area contributed by atoms with Gasteiger partial charge in [0.25, 0.3) is 5.91 Å². The molecule has 1 atom stereocenters. The normalized spacial score (nSPS) is 14.5. The number of H-pyrrole nitrogens is 1. The number of hydrogen-bond donors (Lipinski definition) is 2. The Morgan fingerprint density at radius 3 is 2.36 bits per heavy atom. The highest BCUT2D eigenvalue weighted by Crippen LogP contribution is 2.46. The molecule has 6 rings (SSSR count). The van der Waals surface area contributed by atoms with Crippen molar-refractivity contribution >= 4 is 5.91 Å². The van der Waals surface area contributed by atoms with E-state index in [1.807, 2.05) is 116 Å². The first kappa shape index (κ1) is 24.5. The summed E-state index contributed by atoms with van der Waals surface area (Å²) in [5.41, 5.74) is 7.19. The maximum absolute atomic E-state index is 13.8. The van der Waals surface area contributed by atoms with Gasteiger partial charge in [-0.1, -0.05) is 78.9 Å². The van der Waals surface area contributed by atoms with E-state index in [1.165, 1.54) is 0 Å². The van der Waals surface area contributed by atoms with E-state index in [0.29, 0.717) is 30.1 Å². The molecule has 194 valence electrons. The highest BCUT2D eigenvalue weighted by atomic mass is 16.5. The quantitative estimate of drug-likeness (QED) is 0.252. The molecule has 0 fully saturated rings. The number of ether oxygens (including phenoxy) is 1. The van der Waals surface area contributed by atoms with Gasteiger partial charge >= 0.3 is 0 Å². The highest BCUT2D eigenvalue weighted by molar-refractivity contribution is 6.00. The Morgan fingerprint density at radius 2 is 1.62 bits per heavy atom. The Labute approximate surface area is 227 Å². The molecule has 6 nitrogen and oxygen atoms in total. The minimum atomic E-state index is -0.415. The van der Waals surface area contributed by atoms with Crippen LogP contribution in [0.25, 0.3) is 11.3 Å². The number of phenols is 1. The van der Waals surface area contributed by atoms with Crippen molar-refractivity contribution in [3.8, 4) is 22.8 Å². The van der Waals surface area contributed by atoms with Crippen LogP contribution in [0.1, 0.15) is 49.9 Å². The van der Waals surface area contributed by atoms with Crippen LogP contribution in [0.4, 0.5) is 0 Å². The van der Waals surface area contributed by atoms with Crippen LogP contribution in [0.3, 0.4) is 0 Å². The maximum atomic E-state index is 13.8. The number of rotatable bonds is 7. The van der Waals surface area contributed by atoms with Gasteiger partial charge in [-0.05, 0) is 59.9 Å². The molecular weight excluding hydrogens is 486 g/mol. The van der Waals surface area contributed by atoms with Gasteiger partial charge in [-0.2, -0.15) is 5.10 Å². The summed E-state index contributed by atoms with van der Waals surface area (Å²) in [4.78, 5) is 15.7. The predicted molar refractivity (Wildman–Crippen MR) is 151 cm³/mol. The molecule has 2 heterocycles. The zero-order valence-corrected chi connectivity index (χ0v) is 21.9. The summed E-state index contributed by atoms with van der Waals surface area (Å²) in [5.74, 6) is 0.760. The minimum Gasteiger partial charge on any atom is -0.507 e. The molecular formula is C33H29N3O3. The van der Waals surface area contributed by atoms with E-state index in [4.69, 9.17) is 4.74 Å². The summed E-state index contributed by atoms with van der Waals surface area (Å²) in [5, 5.41) is 18.5. The van der Waals surface area contributed by atoms with Gasteiger partial charge in [0.1, 0.15) is 29.5 Å². The van der Waals surface area contributed by atoms with Gasteiger partial charge in [-0.15, -0.1) is 0 Å². The fourth-order valence-corrected chi connectivity index (χ4v) is 5.35. The molecule has 0 radical (unpaired) electrons. The molecule has 0 saturated heterocycles. The van der Waals surface area contributed by atoms with Crippen LogP contribution in [0.5, 0.6) is 11.5 Å². The number of nitrogens with one attached hydrogen (secondary N) is 1. The number of carbonyl (C=O) groups excluding carboxylic acids is 1. The van der Waals surface area contributed by atoms with Gasteiger partial charge in [0.15, 0.2) is 0 Å². The number of aromatic hydroxyl groups is 1. The van der Waals surface area contributed by atoms with Crippen molar-refractivity contribution in [2.45, 2.75) is 33.0 Å². The Bertz CT molecular complexity index is 1640. The van der Waals surface area contributed by atoms with E-state index < -0.39 is 6.04 Å². The molecule has 0 bridgehead atoms. The van der Waals surface area contributed by atoms with E-state index in [2.05, 4.69) is 10.2 Å². The van der Waals surface area contributed by atoms with E-state index in [9.17, 15) is 9.90 Å². The van der Waals surface area contributed by atoms with Gasteiger partial charge in [0.05, 0.1) is 6.04 Å². The number of fused-ring (bicyclic) bond motifs is 1. The van der Waals surface area contributed by atoms with Crippen molar-refractivity contribution in [1.29, 1.82) is 0 Å². The summed E-state index contributed by atoms with van der Waals surface area (Å²) in [6.45, 7) is 4.73. The lowest BCUT2D eigenvalue weighted by Gasteiger charge is -2.27. The largest absolute Gasteiger partial charge is 0.507 e. The topological polar surface area (TPSA) is 78.5 Å². The van der Waals surface area contributed by atoms with Gasteiger partial charge in [0.2, 0.25) is 0 Å². The zero-order chi connectivity index (χ0) is 26.9. The second-order valence-corrected chi connectivity index (χ2v) is 10.0. The first-order chi connectivity index (χ1) is 19.0. The molecule has 0 aliphatic carbocycles. The highest BCUT2D eigenvalue weighted by Gasteiger charge is 2.42. The minimum absolute atomic E-state index is 0.128. The zero-order valence-electron chi connectivity index (χ0n) is 21.9. The van der Waals surface area contributed by atoms with Crippen LogP contribution in [-0.2, 0) is 13.2 Å². The smallest absolute Gasteiger partial charge is 0.273 e. The van der Waals surface area contributed by atoms with E-state index >= 15 is 0 Å². The molecule has 1 aromatic heterocycles. The third-order valence-corrected chi connectivity index (χ3v) is 7.18. The van der Waals surface area contributed by atoms with Crippen LogP contribution in [0, 0.1) is 13.8 Å². The van der Waals surface area contributed by atoms with Crippen molar-refractivity contribution in [1.82, 2.24) is 15.1 Å². The van der Waals surface area contributed by atoms with Crippen molar-refractivity contribution < 1.29 is 14.6 Å². The first-order valence-electron chi connectivity index (χ1n) is 13.0. The van der Waals surface area contributed by atoms with Crippen molar-refractivity contribution in [2.75, 3.05) is 0 Å². The van der Waals surface area contributed by atoms with Crippen LogP contribution < -0.4 is 4.74 Å². The number of aromatic nitrogens is 2. The van der Waals surface area contributed by atoms with Crippen molar-refractivity contribution in [3.05, 3.63) is 136 Å². The Morgan fingerprint density at radius 1 is 0.897 bits per heavy atom. The van der Waals surface area contributed by atoms with Crippen LogP contribution in [0.2, 0.25) is 0 Å². The molecule has 4 aromatic carbocycles. The molecule has 0 spiro atoms. The number of nitrogens with zero attached hydrogens (tertiary/aromatic N) is 2.